The number of benzene rings is 2. The number of amides is 4. The van der Waals surface area contributed by atoms with E-state index < -0.39 is 35.7 Å². The highest BCUT2D eigenvalue weighted by Gasteiger charge is 2.52. The number of urea groups is 1. The summed E-state index contributed by atoms with van der Waals surface area (Å²) in [5, 5.41) is 5.50. The highest BCUT2D eigenvalue weighted by molar-refractivity contribution is 6.10. The Morgan fingerprint density at radius 3 is 2.53 bits per heavy atom. The lowest BCUT2D eigenvalue weighted by atomic mass is 9.85. The molecule has 0 saturated carbocycles. The fourth-order valence-electron chi connectivity index (χ4n) is 3.67. The van der Waals surface area contributed by atoms with Crippen LogP contribution in [0.2, 0.25) is 0 Å². The van der Waals surface area contributed by atoms with Crippen molar-refractivity contribution in [2.45, 2.75) is 45.1 Å². The average molecular weight is 411 g/mol. The predicted molar refractivity (Wildman–Crippen MR) is 112 cm³/mol. The molecule has 0 aliphatic carbocycles. The third-order valence-electron chi connectivity index (χ3n) is 5.34. The lowest BCUT2D eigenvalue weighted by Gasteiger charge is -2.27. The molecule has 1 heterocycles. The second-order valence-electron chi connectivity index (χ2n) is 7.44. The Morgan fingerprint density at radius 1 is 1.13 bits per heavy atom. The molecule has 0 radical (unpaired) electrons. The molecule has 7 heteroatoms. The molecule has 1 fully saturated rings. The minimum Gasteiger partial charge on any atom is -0.325 e. The van der Waals surface area contributed by atoms with Gasteiger partial charge in [-0.25, -0.2) is 9.18 Å². The number of halogens is 1. The van der Waals surface area contributed by atoms with Crippen molar-refractivity contribution in [3.05, 3.63) is 65.5 Å². The number of hydrogen-bond acceptors (Lipinski definition) is 3. The number of nitrogens with one attached hydrogen (secondary N) is 2. The predicted octanol–water partition coefficient (Wildman–Crippen LogP) is 3.96. The molecule has 1 atom stereocenters. The fourth-order valence-corrected chi connectivity index (χ4v) is 3.67. The van der Waals surface area contributed by atoms with Gasteiger partial charge in [-0.15, -0.1) is 0 Å². The number of nitrogens with zero attached hydrogens (tertiary/aromatic N) is 1. The Balaban J connectivity index is 1.80. The first kappa shape index (κ1) is 21.5. The third kappa shape index (κ3) is 4.35. The van der Waals surface area contributed by atoms with Crippen molar-refractivity contribution >= 4 is 23.5 Å². The van der Waals surface area contributed by atoms with Crippen LogP contribution >= 0.6 is 0 Å². The summed E-state index contributed by atoms with van der Waals surface area (Å²) in [5.41, 5.74) is 0.901. The van der Waals surface area contributed by atoms with E-state index in [9.17, 15) is 18.8 Å². The average Bonchev–Trinajstić information content (AvgIpc) is 2.98. The molecule has 0 spiro atoms. The molecule has 158 valence electrons. The van der Waals surface area contributed by atoms with Crippen LogP contribution < -0.4 is 10.6 Å². The molecule has 0 unspecified atom stereocenters. The highest BCUT2D eigenvalue weighted by atomic mass is 19.1. The molecule has 0 bridgehead atoms. The number of hydrogen-bond donors (Lipinski definition) is 2. The number of carbonyl (C=O) groups is 3. The maximum Gasteiger partial charge on any atom is 0.325 e. The Hall–Kier alpha value is -3.22. The first-order valence-electron chi connectivity index (χ1n) is 10.2. The molecule has 1 aliphatic heterocycles. The van der Waals surface area contributed by atoms with E-state index in [-0.39, 0.29) is 0 Å². The number of rotatable bonds is 8. The van der Waals surface area contributed by atoms with Gasteiger partial charge >= 0.3 is 6.03 Å². The molecular weight excluding hydrogens is 385 g/mol. The molecule has 4 amide bonds. The second kappa shape index (κ2) is 9.07. The minimum absolute atomic E-state index is 0.371. The van der Waals surface area contributed by atoms with Crippen molar-refractivity contribution in [1.29, 1.82) is 0 Å². The molecular formula is C23H26FN3O3. The maximum absolute atomic E-state index is 13.4. The number of anilines is 1. The zero-order chi connectivity index (χ0) is 21.7. The van der Waals surface area contributed by atoms with Gasteiger partial charge in [0, 0.05) is 5.69 Å². The standard InChI is InChI=1S/C23H26FN3O3/c1-3-5-13-23(17-9-11-18(24)12-10-17)21(29)27(22(30)26-23)15-20(28)25-19-8-6-7-16(4-2)14-19/h6-12,14H,3-5,13,15H2,1-2H3,(H,25,28)(H,26,30)/t23-/m1/s1. The van der Waals surface area contributed by atoms with Crippen LogP contribution in [-0.2, 0) is 21.5 Å². The minimum atomic E-state index is -1.29. The van der Waals surface area contributed by atoms with Crippen LogP contribution in [0.4, 0.5) is 14.9 Å². The SMILES string of the molecule is CCCC[C@]1(c2ccc(F)cc2)NC(=O)N(CC(=O)Nc2cccc(CC)c2)C1=O. The lowest BCUT2D eigenvalue weighted by molar-refractivity contribution is -0.134. The van der Waals surface area contributed by atoms with E-state index >= 15 is 0 Å². The van der Waals surface area contributed by atoms with Gasteiger partial charge in [-0.1, -0.05) is 51.0 Å². The van der Waals surface area contributed by atoms with Gasteiger partial charge in [-0.05, 0) is 48.2 Å². The van der Waals surface area contributed by atoms with Crippen LogP contribution in [0.5, 0.6) is 0 Å². The van der Waals surface area contributed by atoms with Crippen molar-refractivity contribution in [2.24, 2.45) is 0 Å². The topological polar surface area (TPSA) is 78.5 Å². The Kier molecular flexibility index (Phi) is 6.50. The summed E-state index contributed by atoms with van der Waals surface area (Å²) < 4.78 is 13.4. The van der Waals surface area contributed by atoms with Crippen molar-refractivity contribution < 1.29 is 18.8 Å². The van der Waals surface area contributed by atoms with Crippen LogP contribution in [0.25, 0.3) is 0 Å². The van der Waals surface area contributed by atoms with E-state index in [1.807, 2.05) is 32.0 Å². The number of imide groups is 1. The summed E-state index contributed by atoms with van der Waals surface area (Å²) in [6, 6.07) is 12.3. The van der Waals surface area contributed by atoms with Crippen LogP contribution in [0.15, 0.2) is 48.5 Å². The first-order valence-corrected chi connectivity index (χ1v) is 10.2. The molecule has 1 saturated heterocycles. The van der Waals surface area contributed by atoms with Gasteiger partial charge in [-0.3, -0.25) is 14.5 Å². The van der Waals surface area contributed by atoms with Crippen molar-refractivity contribution in [3.63, 3.8) is 0 Å². The summed E-state index contributed by atoms with van der Waals surface area (Å²) in [6.45, 7) is 3.60. The van der Waals surface area contributed by atoms with Crippen LogP contribution in [-0.4, -0.2) is 29.3 Å². The van der Waals surface area contributed by atoms with E-state index in [1.54, 1.807) is 6.07 Å². The summed E-state index contributed by atoms with van der Waals surface area (Å²) in [6.07, 6.45) is 2.71. The second-order valence-corrected chi connectivity index (χ2v) is 7.44. The Bertz CT molecular complexity index is 945. The molecule has 2 aromatic rings. The molecule has 0 aromatic heterocycles. The normalized spacial score (nSPS) is 18.4. The van der Waals surface area contributed by atoms with Crippen LogP contribution in [0.1, 0.15) is 44.2 Å². The zero-order valence-electron chi connectivity index (χ0n) is 17.2. The molecule has 2 N–H and O–H groups in total. The largest absolute Gasteiger partial charge is 0.325 e. The highest BCUT2D eigenvalue weighted by Crippen LogP contribution is 2.34. The van der Waals surface area contributed by atoms with Gasteiger partial charge in [0.2, 0.25) is 5.91 Å². The Morgan fingerprint density at radius 2 is 1.87 bits per heavy atom. The van der Waals surface area contributed by atoms with Gasteiger partial charge in [0.05, 0.1) is 0 Å². The number of aryl methyl sites for hydroxylation is 1. The molecule has 2 aromatic carbocycles. The lowest BCUT2D eigenvalue weighted by Crippen LogP contribution is -2.44. The van der Waals surface area contributed by atoms with Gasteiger partial charge in [-0.2, -0.15) is 0 Å². The molecule has 30 heavy (non-hydrogen) atoms. The summed E-state index contributed by atoms with van der Waals surface area (Å²) in [7, 11) is 0. The van der Waals surface area contributed by atoms with Gasteiger partial charge in [0.15, 0.2) is 0 Å². The zero-order valence-corrected chi connectivity index (χ0v) is 17.2. The monoisotopic (exact) mass is 411 g/mol. The quantitative estimate of drug-likeness (QED) is 0.646. The summed E-state index contributed by atoms with van der Waals surface area (Å²) in [4.78, 5) is 39.4. The van der Waals surface area contributed by atoms with E-state index in [2.05, 4.69) is 10.6 Å². The van der Waals surface area contributed by atoms with Gasteiger partial charge in [0.1, 0.15) is 17.9 Å². The molecule has 1 aliphatic rings. The summed E-state index contributed by atoms with van der Waals surface area (Å²) >= 11 is 0. The number of carbonyl (C=O) groups excluding carboxylic acids is 3. The molecule has 6 nitrogen and oxygen atoms in total. The van der Waals surface area contributed by atoms with Crippen LogP contribution in [0, 0.1) is 5.82 Å². The fraction of sp³-hybridized carbons (Fsp3) is 0.348. The Labute approximate surface area is 175 Å². The number of unbranched alkanes of at least 4 members (excludes halogenated alkanes) is 1. The van der Waals surface area contributed by atoms with E-state index in [0.717, 1.165) is 23.3 Å². The van der Waals surface area contributed by atoms with E-state index in [1.165, 1.54) is 24.3 Å². The van der Waals surface area contributed by atoms with Crippen molar-refractivity contribution in [1.82, 2.24) is 10.2 Å². The summed E-state index contributed by atoms with van der Waals surface area (Å²) in [5.74, 6) is -1.38. The van der Waals surface area contributed by atoms with Crippen molar-refractivity contribution in [2.75, 3.05) is 11.9 Å². The molecule has 3 rings (SSSR count). The van der Waals surface area contributed by atoms with E-state index in [4.69, 9.17) is 0 Å². The van der Waals surface area contributed by atoms with Crippen molar-refractivity contribution in [3.8, 4) is 0 Å². The first-order chi connectivity index (χ1) is 14.4. The van der Waals surface area contributed by atoms with Gasteiger partial charge < -0.3 is 10.6 Å². The third-order valence-corrected chi connectivity index (χ3v) is 5.34. The van der Waals surface area contributed by atoms with Crippen LogP contribution in [0.3, 0.4) is 0 Å². The van der Waals surface area contributed by atoms with E-state index in [0.29, 0.717) is 24.1 Å². The maximum atomic E-state index is 13.4. The smallest absolute Gasteiger partial charge is 0.325 e. The van der Waals surface area contributed by atoms with Gasteiger partial charge in [0.25, 0.3) is 5.91 Å².